The van der Waals surface area contributed by atoms with Crippen molar-refractivity contribution in [1.82, 2.24) is 0 Å². The second-order valence-electron chi connectivity index (χ2n) is 12.9. The minimum absolute atomic E-state index is 0.00197. The molecule has 0 aromatic rings. The number of carbonyl (C=O) groups is 1. The molecular formula is C41H74NO7P. The van der Waals surface area contributed by atoms with Crippen LogP contribution in [0.4, 0.5) is 0 Å². The van der Waals surface area contributed by atoms with Gasteiger partial charge >= 0.3 is 13.8 Å². The zero-order chi connectivity index (χ0) is 36.6. The Kier molecular flexibility index (Phi) is 36.8. The lowest BCUT2D eigenvalue weighted by molar-refractivity contribution is -0.153. The lowest BCUT2D eigenvalue weighted by Gasteiger charge is -2.19. The second kappa shape index (κ2) is 38.3. The maximum absolute atomic E-state index is 12.5. The lowest BCUT2D eigenvalue weighted by Crippen LogP contribution is -2.27. The third-order valence-corrected chi connectivity index (χ3v) is 9.00. The number of hydrogen-bond acceptors (Lipinski definition) is 7. The summed E-state index contributed by atoms with van der Waals surface area (Å²) in [4.78, 5) is 22.3. The number of unbranched alkanes of at least 4 members (excludes halogenated alkanes) is 16. The minimum Gasteiger partial charge on any atom is -0.498 e. The first-order valence-electron chi connectivity index (χ1n) is 19.8. The van der Waals surface area contributed by atoms with E-state index in [-0.39, 0.29) is 32.8 Å². The quantitative estimate of drug-likeness (QED) is 0.0214. The average molecular weight is 724 g/mol. The van der Waals surface area contributed by atoms with Crippen molar-refractivity contribution in [2.75, 3.05) is 26.4 Å². The van der Waals surface area contributed by atoms with Crippen molar-refractivity contribution >= 4 is 13.8 Å². The van der Waals surface area contributed by atoms with Crippen molar-refractivity contribution in [2.24, 2.45) is 5.73 Å². The smallest absolute Gasteiger partial charge is 0.472 e. The number of ether oxygens (including phenoxy) is 2. The first kappa shape index (κ1) is 48.0. The van der Waals surface area contributed by atoms with E-state index < -0.39 is 19.9 Å². The Morgan fingerprint density at radius 2 is 1.08 bits per heavy atom. The Morgan fingerprint density at radius 1 is 0.620 bits per heavy atom. The highest BCUT2D eigenvalue weighted by Gasteiger charge is 2.25. The van der Waals surface area contributed by atoms with Crippen molar-refractivity contribution in [3.63, 3.8) is 0 Å². The Morgan fingerprint density at radius 3 is 1.62 bits per heavy atom. The SMILES string of the molecule is CCCCCCC=CCC=CCC=CCC=CCCC(=O)OC(COC=CCCCCCCCCCCCCCC)COP(=O)(O)OCCN. The van der Waals surface area contributed by atoms with Gasteiger partial charge in [0.15, 0.2) is 6.10 Å². The Balaban J connectivity index is 4.27. The van der Waals surface area contributed by atoms with Crippen LogP contribution in [-0.2, 0) is 27.9 Å². The Labute approximate surface area is 306 Å². The second-order valence-corrected chi connectivity index (χ2v) is 14.3. The molecule has 8 nitrogen and oxygen atoms in total. The molecule has 3 N–H and O–H groups in total. The minimum atomic E-state index is -4.31. The highest BCUT2D eigenvalue weighted by Crippen LogP contribution is 2.43. The van der Waals surface area contributed by atoms with Crippen molar-refractivity contribution in [1.29, 1.82) is 0 Å². The van der Waals surface area contributed by atoms with Gasteiger partial charge in [-0.05, 0) is 57.4 Å². The lowest BCUT2D eigenvalue weighted by atomic mass is 10.0. The van der Waals surface area contributed by atoms with Gasteiger partial charge in [0.05, 0.1) is 19.5 Å². The molecule has 0 aromatic heterocycles. The van der Waals surface area contributed by atoms with Gasteiger partial charge in [-0.3, -0.25) is 13.8 Å². The maximum atomic E-state index is 12.5. The van der Waals surface area contributed by atoms with Gasteiger partial charge in [-0.15, -0.1) is 0 Å². The first-order chi connectivity index (χ1) is 24.4. The van der Waals surface area contributed by atoms with Crippen molar-refractivity contribution in [2.45, 2.75) is 168 Å². The molecule has 0 bridgehead atoms. The van der Waals surface area contributed by atoms with Crippen LogP contribution in [0.15, 0.2) is 60.9 Å². The number of carbonyl (C=O) groups excluding carboxylic acids is 1. The standard InChI is InChI=1S/C41H74NO7P/c1-3-5-7-9-11-13-15-17-19-20-21-22-24-26-28-30-32-34-41(43)49-40(39-48-50(44,45)47-37-35-42)38-46-36-33-31-29-27-25-23-18-16-14-12-10-8-6-4-2/h13,15,19-20,22,24,28,30,33,36,40H,3-12,14,16-18,21,23,25-27,29,31-32,34-35,37-39,42H2,1-2H3,(H,44,45). The summed E-state index contributed by atoms with van der Waals surface area (Å²) in [5.74, 6) is -0.432. The van der Waals surface area contributed by atoms with Crippen molar-refractivity contribution < 1.29 is 32.8 Å². The van der Waals surface area contributed by atoms with E-state index in [4.69, 9.17) is 24.3 Å². The number of rotatable bonds is 37. The summed E-state index contributed by atoms with van der Waals surface area (Å²) >= 11 is 0. The predicted molar refractivity (Wildman–Crippen MR) is 210 cm³/mol. The molecule has 0 rings (SSSR count). The molecule has 290 valence electrons. The summed E-state index contributed by atoms with van der Waals surface area (Å²) in [6.07, 6.45) is 46.3. The Hall–Kier alpha value is -1.96. The molecule has 0 spiro atoms. The molecule has 9 heteroatoms. The zero-order valence-electron chi connectivity index (χ0n) is 31.9. The van der Waals surface area contributed by atoms with Crippen LogP contribution in [0, 0.1) is 0 Å². The molecule has 0 saturated carbocycles. The van der Waals surface area contributed by atoms with Crippen LogP contribution in [0.3, 0.4) is 0 Å². The van der Waals surface area contributed by atoms with Gasteiger partial charge in [0, 0.05) is 13.0 Å². The number of phosphoric acid groups is 1. The van der Waals surface area contributed by atoms with Crippen LogP contribution in [0.5, 0.6) is 0 Å². The largest absolute Gasteiger partial charge is 0.498 e. The first-order valence-corrected chi connectivity index (χ1v) is 21.3. The third-order valence-electron chi connectivity index (χ3n) is 8.02. The fourth-order valence-corrected chi connectivity index (χ4v) is 5.85. The van der Waals surface area contributed by atoms with E-state index in [1.165, 1.54) is 103 Å². The van der Waals surface area contributed by atoms with Gasteiger partial charge in [0.2, 0.25) is 0 Å². The van der Waals surface area contributed by atoms with Gasteiger partial charge in [0.1, 0.15) is 6.61 Å². The normalized spacial score (nSPS) is 14.2. The molecule has 0 aliphatic heterocycles. The summed E-state index contributed by atoms with van der Waals surface area (Å²) < 4.78 is 33.0. The fraction of sp³-hybridized carbons (Fsp3) is 0.732. The van der Waals surface area contributed by atoms with Crippen LogP contribution >= 0.6 is 7.82 Å². The fourth-order valence-electron chi connectivity index (χ4n) is 5.08. The number of hydrogen-bond donors (Lipinski definition) is 2. The molecule has 0 aliphatic rings. The maximum Gasteiger partial charge on any atom is 0.472 e. The van der Waals surface area contributed by atoms with Gasteiger partial charge in [-0.1, -0.05) is 152 Å². The molecule has 2 atom stereocenters. The molecule has 0 fully saturated rings. The summed E-state index contributed by atoms with van der Waals surface area (Å²) in [6.45, 7) is 4.12. The molecule has 0 saturated heterocycles. The van der Waals surface area contributed by atoms with Gasteiger partial charge in [0.25, 0.3) is 0 Å². The van der Waals surface area contributed by atoms with E-state index in [2.05, 4.69) is 50.3 Å². The molecule has 50 heavy (non-hydrogen) atoms. The molecular weight excluding hydrogens is 649 g/mol. The van der Waals surface area contributed by atoms with Gasteiger partial charge in [-0.2, -0.15) is 0 Å². The summed E-state index contributed by atoms with van der Waals surface area (Å²) in [7, 11) is -4.31. The number of nitrogens with two attached hydrogens (primary N) is 1. The van der Waals surface area contributed by atoms with Crippen LogP contribution < -0.4 is 5.73 Å². The van der Waals surface area contributed by atoms with E-state index in [1.807, 2.05) is 18.2 Å². The summed E-state index contributed by atoms with van der Waals surface area (Å²) in [5, 5.41) is 0. The topological polar surface area (TPSA) is 117 Å². The number of allylic oxidation sites excluding steroid dienone is 9. The van der Waals surface area contributed by atoms with Crippen LogP contribution in [0.25, 0.3) is 0 Å². The average Bonchev–Trinajstić information content (AvgIpc) is 3.10. The Bertz CT molecular complexity index is 947. The number of phosphoric ester groups is 1. The van der Waals surface area contributed by atoms with E-state index in [1.54, 1.807) is 6.26 Å². The van der Waals surface area contributed by atoms with Gasteiger partial charge in [-0.25, -0.2) is 4.57 Å². The number of esters is 1. The highest BCUT2D eigenvalue weighted by atomic mass is 31.2. The van der Waals surface area contributed by atoms with Gasteiger partial charge < -0.3 is 20.1 Å². The van der Waals surface area contributed by atoms with E-state index in [0.29, 0.717) is 6.42 Å². The predicted octanol–water partition coefficient (Wildman–Crippen LogP) is 11.8. The summed E-state index contributed by atoms with van der Waals surface area (Å²) in [5.41, 5.74) is 5.34. The highest BCUT2D eigenvalue weighted by molar-refractivity contribution is 7.47. The monoisotopic (exact) mass is 724 g/mol. The molecule has 0 amide bonds. The zero-order valence-corrected chi connectivity index (χ0v) is 32.8. The molecule has 0 aliphatic carbocycles. The molecule has 0 aromatic carbocycles. The molecule has 0 radical (unpaired) electrons. The molecule has 0 heterocycles. The van der Waals surface area contributed by atoms with E-state index >= 15 is 0 Å². The van der Waals surface area contributed by atoms with Crippen LogP contribution in [0.2, 0.25) is 0 Å². The summed E-state index contributed by atoms with van der Waals surface area (Å²) in [6, 6.07) is 0. The van der Waals surface area contributed by atoms with E-state index in [9.17, 15) is 14.3 Å². The van der Waals surface area contributed by atoms with Crippen molar-refractivity contribution in [3.8, 4) is 0 Å². The van der Waals surface area contributed by atoms with E-state index in [0.717, 1.165) is 32.1 Å². The molecule has 2 unspecified atom stereocenters. The van der Waals surface area contributed by atoms with Crippen molar-refractivity contribution in [3.05, 3.63) is 60.9 Å². The third kappa shape index (κ3) is 37.3. The van der Waals surface area contributed by atoms with Crippen LogP contribution in [0.1, 0.15) is 162 Å². The van der Waals surface area contributed by atoms with Crippen LogP contribution in [-0.4, -0.2) is 43.3 Å².